The summed E-state index contributed by atoms with van der Waals surface area (Å²) in [5.41, 5.74) is 0.717. The van der Waals surface area contributed by atoms with Crippen LogP contribution in [0.15, 0.2) is 30.3 Å². The summed E-state index contributed by atoms with van der Waals surface area (Å²) in [6, 6.07) is 8.83. The van der Waals surface area contributed by atoms with E-state index in [0.29, 0.717) is 24.6 Å². The van der Waals surface area contributed by atoms with Crippen molar-refractivity contribution >= 4 is 22.7 Å². The molecule has 0 atom stereocenters. The maximum atomic E-state index is 10.9. The topological polar surface area (TPSA) is 64.4 Å². The Labute approximate surface area is 121 Å². The number of hydrogen-bond acceptors (Lipinski definition) is 5. The van der Waals surface area contributed by atoms with Crippen molar-refractivity contribution in [3.8, 4) is 5.75 Å². The molecule has 0 aliphatic carbocycles. The molecule has 0 amide bonds. The zero-order valence-corrected chi connectivity index (χ0v) is 12.2. The van der Waals surface area contributed by atoms with Crippen LogP contribution in [0.25, 0.3) is 0 Å². The molecule has 0 bridgehead atoms. The Balaban J connectivity index is 2.15. The number of ether oxygens (including phenoxy) is 1. The van der Waals surface area contributed by atoms with Crippen molar-refractivity contribution in [2.45, 2.75) is 20.4 Å². The van der Waals surface area contributed by atoms with E-state index >= 15 is 0 Å². The molecule has 1 N–H and O–H groups in total. The van der Waals surface area contributed by atoms with Gasteiger partial charge in [0.1, 0.15) is 5.75 Å². The van der Waals surface area contributed by atoms with Crippen LogP contribution in [-0.4, -0.2) is 11.5 Å². The summed E-state index contributed by atoms with van der Waals surface area (Å²) in [6.07, 6.45) is 0. The number of thiophene rings is 1. The molecule has 0 aliphatic heterocycles. The molecule has 0 spiro atoms. The fraction of sp³-hybridized carbons (Fsp3) is 0.286. The maximum Gasteiger partial charge on any atom is 0.275 e. The highest BCUT2D eigenvalue weighted by molar-refractivity contribution is 7.11. The first kappa shape index (κ1) is 14.3. The molecule has 0 saturated heterocycles. The van der Waals surface area contributed by atoms with Gasteiger partial charge in [0.15, 0.2) is 0 Å². The molecule has 2 aromatic rings. The first-order valence-corrected chi connectivity index (χ1v) is 7.11. The van der Waals surface area contributed by atoms with Gasteiger partial charge < -0.3 is 10.1 Å². The predicted molar refractivity (Wildman–Crippen MR) is 80.6 cm³/mol. The summed E-state index contributed by atoms with van der Waals surface area (Å²) in [5, 5.41) is 14.1. The van der Waals surface area contributed by atoms with E-state index in [9.17, 15) is 10.1 Å². The standard InChI is InChI=1S/C14H16N2O3S/c1-3-19-13-7-11(6-12(8-13)16(17)18)15-9-14-5-4-10(2)20-14/h4-8,15H,3,9H2,1-2H3. The van der Waals surface area contributed by atoms with Gasteiger partial charge in [-0.1, -0.05) is 0 Å². The van der Waals surface area contributed by atoms with E-state index in [1.54, 1.807) is 17.4 Å². The summed E-state index contributed by atoms with van der Waals surface area (Å²) < 4.78 is 5.35. The van der Waals surface area contributed by atoms with Gasteiger partial charge in [0.05, 0.1) is 17.6 Å². The molecule has 106 valence electrons. The van der Waals surface area contributed by atoms with Crippen molar-refractivity contribution in [3.63, 3.8) is 0 Å². The van der Waals surface area contributed by atoms with E-state index in [2.05, 4.69) is 18.3 Å². The minimum Gasteiger partial charge on any atom is -0.494 e. The van der Waals surface area contributed by atoms with Gasteiger partial charge in [-0.15, -0.1) is 11.3 Å². The number of nitrogens with zero attached hydrogens (tertiary/aromatic N) is 1. The molecule has 1 aromatic heterocycles. The highest BCUT2D eigenvalue weighted by Gasteiger charge is 2.10. The van der Waals surface area contributed by atoms with Gasteiger partial charge >= 0.3 is 0 Å². The Bertz CT molecular complexity index is 610. The summed E-state index contributed by atoms with van der Waals surface area (Å²) in [5.74, 6) is 0.506. The number of benzene rings is 1. The van der Waals surface area contributed by atoms with Crippen LogP contribution in [0.3, 0.4) is 0 Å². The number of aryl methyl sites for hydroxylation is 1. The SMILES string of the molecule is CCOc1cc(NCc2ccc(C)s2)cc([N+](=O)[O-])c1. The van der Waals surface area contributed by atoms with Gasteiger partial charge in [0.2, 0.25) is 0 Å². The lowest BCUT2D eigenvalue weighted by Gasteiger charge is -2.08. The Morgan fingerprint density at radius 1 is 1.35 bits per heavy atom. The van der Waals surface area contributed by atoms with E-state index < -0.39 is 4.92 Å². The minimum atomic E-state index is -0.414. The zero-order chi connectivity index (χ0) is 14.5. The molecular weight excluding hydrogens is 276 g/mol. The van der Waals surface area contributed by atoms with Gasteiger partial charge in [-0.2, -0.15) is 0 Å². The van der Waals surface area contributed by atoms with Crippen LogP contribution < -0.4 is 10.1 Å². The third-order valence-corrected chi connectivity index (χ3v) is 3.68. The van der Waals surface area contributed by atoms with Gasteiger partial charge in [-0.25, -0.2) is 0 Å². The molecule has 2 rings (SSSR count). The fourth-order valence-corrected chi connectivity index (χ4v) is 2.64. The molecule has 0 fully saturated rings. The van der Waals surface area contributed by atoms with Crippen molar-refractivity contribution in [3.05, 3.63) is 50.2 Å². The monoisotopic (exact) mass is 292 g/mol. The van der Waals surface area contributed by atoms with Gasteiger partial charge in [-0.05, 0) is 26.0 Å². The van der Waals surface area contributed by atoms with E-state index in [0.717, 1.165) is 0 Å². The molecule has 6 heteroatoms. The number of nitrogens with one attached hydrogen (secondary N) is 1. The van der Waals surface area contributed by atoms with Crippen molar-refractivity contribution in [2.75, 3.05) is 11.9 Å². The molecular formula is C14H16N2O3S. The first-order chi connectivity index (χ1) is 9.58. The van der Waals surface area contributed by atoms with Crippen LogP contribution >= 0.6 is 11.3 Å². The molecule has 0 unspecified atom stereocenters. The average molecular weight is 292 g/mol. The summed E-state index contributed by atoms with van der Waals surface area (Å²) in [7, 11) is 0. The van der Waals surface area contributed by atoms with Crippen molar-refractivity contribution in [2.24, 2.45) is 0 Å². The van der Waals surface area contributed by atoms with Crippen LogP contribution in [0.2, 0.25) is 0 Å². The van der Waals surface area contributed by atoms with Crippen LogP contribution in [0.5, 0.6) is 5.75 Å². The average Bonchev–Trinajstić information content (AvgIpc) is 2.82. The molecule has 0 radical (unpaired) electrons. The number of non-ortho nitro benzene ring substituents is 1. The molecule has 1 aromatic carbocycles. The summed E-state index contributed by atoms with van der Waals surface area (Å²) in [4.78, 5) is 12.9. The second-order valence-corrected chi connectivity index (χ2v) is 5.64. The van der Waals surface area contributed by atoms with Gasteiger partial charge in [0, 0.05) is 34.1 Å². The van der Waals surface area contributed by atoms with E-state index in [1.165, 1.54) is 21.9 Å². The van der Waals surface area contributed by atoms with Gasteiger partial charge in [-0.3, -0.25) is 10.1 Å². The number of nitro benzene ring substituents is 1. The third kappa shape index (κ3) is 3.71. The number of rotatable bonds is 6. The second-order valence-electron chi connectivity index (χ2n) is 4.27. The lowest BCUT2D eigenvalue weighted by atomic mass is 10.2. The van der Waals surface area contributed by atoms with Crippen LogP contribution in [0, 0.1) is 17.0 Å². The molecule has 20 heavy (non-hydrogen) atoms. The first-order valence-electron chi connectivity index (χ1n) is 6.30. The fourth-order valence-electron chi connectivity index (χ4n) is 1.81. The smallest absolute Gasteiger partial charge is 0.275 e. The Morgan fingerprint density at radius 2 is 2.15 bits per heavy atom. The van der Waals surface area contributed by atoms with E-state index in [1.807, 2.05) is 13.0 Å². The molecule has 0 saturated carbocycles. The molecule has 0 aliphatic rings. The second kappa shape index (κ2) is 6.38. The van der Waals surface area contributed by atoms with Crippen LogP contribution in [0.4, 0.5) is 11.4 Å². The van der Waals surface area contributed by atoms with E-state index in [4.69, 9.17) is 4.74 Å². The lowest BCUT2D eigenvalue weighted by Crippen LogP contribution is -2.00. The largest absolute Gasteiger partial charge is 0.494 e. The maximum absolute atomic E-state index is 10.9. The Morgan fingerprint density at radius 3 is 2.75 bits per heavy atom. The van der Waals surface area contributed by atoms with Crippen LogP contribution in [-0.2, 0) is 6.54 Å². The predicted octanol–water partition coefficient (Wildman–Crippen LogP) is 3.98. The highest BCUT2D eigenvalue weighted by Crippen LogP contribution is 2.27. The molecule has 1 heterocycles. The number of anilines is 1. The van der Waals surface area contributed by atoms with E-state index in [-0.39, 0.29) is 5.69 Å². The zero-order valence-electron chi connectivity index (χ0n) is 11.4. The number of nitro groups is 1. The summed E-state index contributed by atoms with van der Waals surface area (Å²) >= 11 is 1.70. The van der Waals surface area contributed by atoms with Gasteiger partial charge in [0.25, 0.3) is 5.69 Å². The normalized spacial score (nSPS) is 10.3. The van der Waals surface area contributed by atoms with Crippen LogP contribution in [0.1, 0.15) is 16.7 Å². The van der Waals surface area contributed by atoms with Crippen molar-refractivity contribution < 1.29 is 9.66 Å². The third-order valence-electron chi connectivity index (χ3n) is 2.68. The molecule has 5 nitrogen and oxygen atoms in total. The highest BCUT2D eigenvalue weighted by atomic mass is 32.1. The Kier molecular flexibility index (Phi) is 4.57. The summed E-state index contributed by atoms with van der Waals surface area (Å²) in [6.45, 7) is 5.02. The lowest BCUT2D eigenvalue weighted by molar-refractivity contribution is -0.384. The van der Waals surface area contributed by atoms with Crippen molar-refractivity contribution in [1.29, 1.82) is 0 Å². The quantitative estimate of drug-likeness (QED) is 0.646. The Hall–Kier alpha value is -2.08. The minimum absolute atomic E-state index is 0.0285. The number of hydrogen-bond donors (Lipinski definition) is 1. The van der Waals surface area contributed by atoms with Crippen molar-refractivity contribution in [1.82, 2.24) is 0 Å².